The largest absolute Gasteiger partial charge is 0.399 e. The molecule has 0 fully saturated rings. The molecule has 2 N–H and O–H groups in total. The maximum atomic E-state index is 12.9. The molecule has 0 saturated heterocycles. The van der Waals surface area contributed by atoms with Gasteiger partial charge in [-0.1, -0.05) is 15.9 Å². The summed E-state index contributed by atoms with van der Waals surface area (Å²) in [7, 11) is 0. The molecule has 0 aromatic heterocycles. The van der Waals surface area contributed by atoms with Crippen molar-refractivity contribution in [3.05, 3.63) is 57.6 Å². The zero-order chi connectivity index (χ0) is 15.0. The molecule has 0 spiro atoms. The fraction of sp³-hybridized carbons (Fsp3) is 0.235. The molecular weight excluding hydrogens is 328 g/mol. The number of hydrogen-bond acceptors (Lipinski definition) is 2. The van der Waals surface area contributed by atoms with Crippen LogP contribution in [0.25, 0.3) is 0 Å². The van der Waals surface area contributed by atoms with Crippen molar-refractivity contribution in [2.75, 3.05) is 17.2 Å². The predicted molar refractivity (Wildman–Crippen MR) is 89.7 cm³/mol. The normalized spacial score (nSPS) is 13.9. The van der Waals surface area contributed by atoms with Crippen LogP contribution in [0, 0.1) is 6.92 Å². The third kappa shape index (κ3) is 2.68. The van der Waals surface area contributed by atoms with Crippen LogP contribution in [-0.2, 0) is 6.42 Å². The number of anilines is 2. The van der Waals surface area contributed by atoms with Crippen LogP contribution in [0.4, 0.5) is 11.4 Å². The second kappa shape index (κ2) is 5.53. The molecule has 1 amide bonds. The van der Waals surface area contributed by atoms with Gasteiger partial charge in [0.15, 0.2) is 0 Å². The number of fused-ring (bicyclic) bond motifs is 1. The number of benzene rings is 2. The van der Waals surface area contributed by atoms with Gasteiger partial charge in [-0.25, -0.2) is 0 Å². The van der Waals surface area contributed by atoms with Crippen LogP contribution >= 0.6 is 15.9 Å². The van der Waals surface area contributed by atoms with E-state index < -0.39 is 0 Å². The average molecular weight is 345 g/mol. The van der Waals surface area contributed by atoms with E-state index in [9.17, 15) is 4.79 Å². The van der Waals surface area contributed by atoms with Crippen molar-refractivity contribution in [3.63, 3.8) is 0 Å². The van der Waals surface area contributed by atoms with Crippen LogP contribution in [0.5, 0.6) is 0 Å². The molecule has 0 bridgehead atoms. The average Bonchev–Trinajstić information content (AvgIpc) is 2.45. The molecule has 1 aliphatic heterocycles. The summed E-state index contributed by atoms with van der Waals surface area (Å²) in [5.74, 6) is 0.0609. The highest BCUT2D eigenvalue weighted by Crippen LogP contribution is 2.30. The first-order valence-electron chi connectivity index (χ1n) is 7.02. The maximum absolute atomic E-state index is 12.9. The number of carbonyl (C=O) groups excluding carboxylic acids is 1. The number of amides is 1. The highest BCUT2D eigenvalue weighted by atomic mass is 79.9. The second-order valence-corrected chi connectivity index (χ2v) is 6.32. The van der Waals surface area contributed by atoms with Gasteiger partial charge in [-0.15, -0.1) is 0 Å². The smallest absolute Gasteiger partial charge is 0.258 e. The lowest BCUT2D eigenvalue weighted by Crippen LogP contribution is -2.35. The highest BCUT2D eigenvalue weighted by Gasteiger charge is 2.24. The number of rotatable bonds is 1. The minimum Gasteiger partial charge on any atom is -0.399 e. The summed E-state index contributed by atoms with van der Waals surface area (Å²) < 4.78 is 0.989. The van der Waals surface area contributed by atoms with Gasteiger partial charge >= 0.3 is 0 Å². The van der Waals surface area contributed by atoms with Gasteiger partial charge < -0.3 is 10.6 Å². The van der Waals surface area contributed by atoms with Crippen molar-refractivity contribution in [2.45, 2.75) is 19.8 Å². The molecule has 108 valence electrons. The van der Waals surface area contributed by atoms with Crippen molar-refractivity contribution in [1.82, 2.24) is 0 Å². The third-order valence-corrected chi connectivity index (χ3v) is 4.38. The number of carbonyl (C=O) groups is 1. The Bertz CT molecular complexity index is 712. The zero-order valence-electron chi connectivity index (χ0n) is 11.9. The SMILES string of the molecule is Cc1cc(Br)ccc1C(=O)N1CCCc2cc(N)ccc21. The molecule has 3 rings (SSSR count). The molecule has 0 saturated carbocycles. The van der Waals surface area contributed by atoms with E-state index in [0.29, 0.717) is 0 Å². The summed E-state index contributed by atoms with van der Waals surface area (Å²) in [4.78, 5) is 14.7. The molecule has 3 nitrogen and oxygen atoms in total. The zero-order valence-corrected chi connectivity index (χ0v) is 13.5. The summed E-state index contributed by atoms with van der Waals surface area (Å²) in [5.41, 5.74) is 10.5. The van der Waals surface area contributed by atoms with E-state index in [4.69, 9.17) is 5.73 Å². The molecule has 0 aliphatic carbocycles. The van der Waals surface area contributed by atoms with Gasteiger partial charge in [0.25, 0.3) is 5.91 Å². The van der Waals surface area contributed by atoms with Gasteiger partial charge in [-0.05, 0) is 67.3 Å². The van der Waals surface area contributed by atoms with E-state index in [1.807, 2.05) is 48.2 Å². The lowest BCUT2D eigenvalue weighted by molar-refractivity contribution is 0.0984. The topological polar surface area (TPSA) is 46.3 Å². The van der Waals surface area contributed by atoms with Gasteiger partial charge in [-0.3, -0.25) is 4.79 Å². The number of aryl methyl sites for hydroxylation is 2. The summed E-state index contributed by atoms with van der Waals surface area (Å²) in [5, 5.41) is 0. The maximum Gasteiger partial charge on any atom is 0.258 e. The van der Waals surface area contributed by atoms with Crippen LogP contribution < -0.4 is 10.6 Å². The van der Waals surface area contributed by atoms with E-state index in [1.54, 1.807) is 0 Å². The molecule has 4 heteroatoms. The van der Waals surface area contributed by atoms with Gasteiger partial charge in [0, 0.05) is 28.0 Å². The summed E-state index contributed by atoms with van der Waals surface area (Å²) in [6.45, 7) is 2.72. The van der Waals surface area contributed by atoms with E-state index in [0.717, 1.165) is 51.9 Å². The molecule has 0 unspecified atom stereocenters. The summed E-state index contributed by atoms with van der Waals surface area (Å²) >= 11 is 3.44. The third-order valence-electron chi connectivity index (χ3n) is 3.89. The first-order chi connectivity index (χ1) is 10.1. The Morgan fingerprint density at radius 1 is 1.24 bits per heavy atom. The Kier molecular flexibility index (Phi) is 3.72. The van der Waals surface area contributed by atoms with E-state index in [2.05, 4.69) is 15.9 Å². The van der Waals surface area contributed by atoms with Gasteiger partial charge in [0.1, 0.15) is 0 Å². The van der Waals surface area contributed by atoms with Crippen molar-refractivity contribution < 1.29 is 4.79 Å². The number of nitrogens with zero attached hydrogens (tertiary/aromatic N) is 1. The van der Waals surface area contributed by atoms with E-state index >= 15 is 0 Å². The van der Waals surface area contributed by atoms with Crippen LogP contribution in [0.15, 0.2) is 40.9 Å². The predicted octanol–water partition coefficient (Wildman–Crippen LogP) is 3.93. The molecule has 1 heterocycles. The van der Waals surface area contributed by atoms with Crippen molar-refractivity contribution in [3.8, 4) is 0 Å². The molecule has 21 heavy (non-hydrogen) atoms. The molecular formula is C17H17BrN2O. The summed E-state index contributed by atoms with van der Waals surface area (Å²) in [6, 6.07) is 11.6. The number of nitrogens with two attached hydrogens (primary N) is 1. The number of nitrogen functional groups attached to an aromatic ring is 1. The Balaban J connectivity index is 2.00. The molecule has 0 radical (unpaired) electrons. The first-order valence-corrected chi connectivity index (χ1v) is 7.82. The van der Waals surface area contributed by atoms with Gasteiger partial charge in [0.2, 0.25) is 0 Å². The quantitative estimate of drug-likeness (QED) is 0.796. The Morgan fingerprint density at radius 3 is 2.81 bits per heavy atom. The minimum absolute atomic E-state index is 0.0609. The van der Waals surface area contributed by atoms with Crippen LogP contribution in [0.3, 0.4) is 0 Å². The standard InChI is InChI=1S/C17H17BrN2O/c1-11-9-13(18)4-6-15(11)17(21)20-8-2-3-12-10-14(19)5-7-16(12)20/h4-7,9-10H,2-3,8,19H2,1H3. The van der Waals surface area contributed by atoms with E-state index in [-0.39, 0.29) is 5.91 Å². The first kappa shape index (κ1) is 14.1. The molecule has 0 atom stereocenters. The lowest BCUT2D eigenvalue weighted by atomic mass is 9.99. The van der Waals surface area contributed by atoms with Crippen molar-refractivity contribution >= 4 is 33.2 Å². The lowest BCUT2D eigenvalue weighted by Gasteiger charge is -2.30. The summed E-state index contributed by atoms with van der Waals surface area (Å²) in [6.07, 6.45) is 1.95. The Labute approximate surface area is 132 Å². The number of hydrogen-bond donors (Lipinski definition) is 1. The minimum atomic E-state index is 0.0609. The molecule has 1 aliphatic rings. The highest BCUT2D eigenvalue weighted by molar-refractivity contribution is 9.10. The van der Waals surface area contributed by atoms with Crippen LogP contribution in [0.1, 0.15) is 27.9 Å². The van der Waals surface area contributed by atoms with Crippen LogP contribution in [-0.4, -0.2) is 12.5 Å². The fourth-order valence-electron chi connectivity index (χ4n) is 2.84. The van der Waals surface area contributed by atoms with Crippen molar-refractivity contribution in [2.24, 2.45) is 0 Å². The van der Waals surface area contributed by atoms with Gasteiger partial charge in [-0.2, -0.15) is 0 Å². The van der Waals surface area contributed by atoms with Crippen molar-refractivity contribution in [1.29, 1.82) is 0 Å². The monoisotopic (exact) mass is 344 g/mol. The Hall–Kier alpha value is -1.81. The Morgan fingerprint density at radius 2 is 2.05 bits per heavy atom. The molecule has 2 aromatic carbocycles. The molecule has 2 aromatic rings. The number of halogens is 1. The van der Waals surface area contributed by atoms with Gasteiger partial charge in [0.05, 0.1) is 0 Å². The van der Waals surface area contributed by atoms with Crippen LogP contribution in [0.2, 0.25) is 0 Å². The fourth-order valence-corrected chi connectivity index (χ4v) is 3.32. The van der Waals surface area contributed by atoms with E-state index in [1.165, 1.54) is 0 Å². The second-order valence-electron chi connectivity index (χ2n) is 5.41.